The van der Waals surface area contributed by atoms with E-state index >= 15 is 0 Å². The summed E-state index contributed by atoms with van der Waals surface area (Å²) in [5, 5.41) is 2.75. The number of hydrogen-bond acceptors (Lipinski definition) is 5. The summed E-state index contributed by atoms with van der Waals surface area (Å²) in [6.07, 6.45) is 0.0564. The first-order valence-corrected chi connectivity index (χ1v) is 8.77. The van der Waals surface area contributed by atoms with Gasteiger partial charge in [-0.25, -0.2) is 0 Å². The van der Waals surface area contributed by atoms with Crippen LogP contribution in [0, 0.1) is 6.92 Å². The number of anilines is 1. The molecule has 0 saturated heterocycles. The fraction of sp³-hybridized carbons (Fsp3) is 0.286. The molecule has 1 atom stereocenters. The van der Waals surface area contributed by atoms with E-state index in [0.717, 1.165) is 11.1 Å². The Labute approximate surface area is 157 Å². The molecule has 2 aromatic carbocycles. The number of esters is 1. The Balaban J connectivity index is 1.46. The van der Waals surface area contributed by atoms with E-state index in [1.165, 1.54) is 0 Å². The summed E-state index contributed by atoms with van der Waals surface area (Å²) in [6.45, 7) is 3.58. The molecule has 2 aromatic rings. The molecule has 0 spiro atoms. The molecule has 3 rings (SSSR count). The van der Waals surface area contributed by atoms with Crippen LogP contribution in [0.5, 0.6) is 5.75 Å². The molecule has 0 aromatic heterocycles. The van der Waals surface area contributed by atoms with E-state index in [0.29, 0.717) is 17.0 Å². The van der Waals surface area contributed by atoms with Crippen LogP contribution in [0.15, 0.2) is 42.5 Å². The van der Waals surface area contributed by atoms with Crippen LogP contribution in [0.4, 0.5) is 5.69 Å². The molecule has 1 heterocycles. The first-order valence-electron chi connectivity index (χ1n) is 8.77. The number of carbonyl (C=O) groups is 3. The van der Waals surface area contributed by atoms with Crippen molar-refractivity contribution in [2.24, 2.45) is 0 Å². The van der Waals surface area contributed by atoms with E-state index < -0.39 is 5.97 Å². The van der Waals surface area contributed by atoms with Gasteiger partial charge in [-0.3, -0.25) is 14.4 Å². The molecule has 0 unspecified atom stereocenters. The van der Waals surface area contributed by atoms with Gasteiger partial charge in [0, 0.05) is 11.3 Å². The zero-order valence-electron chi connectivity index (χ0n) is 15.3. The van der Waals surface area contributed by atoms with Crippen LogP contribution in [-0.2, 0) is 14.3 Å². The molecule has 0 saturated carbocycles. The van der Waals surface area contributed by atoms with E-state index in [4.69, 9.17) is 9.47 Å². The normalized spacial score (nSPS) is 15.0. The van der Waals surface area contributed by atoms with Gasteiger partial charge < -0.3 is 14.8 Å². The highest BCUT2D eigenvalue weighted by Crippen LogP contribution is 2.32. The average molecular weight is 367 g/mol. The number of fused-ring (bicyclic) bond motifs is 1. The molecule has 6 heteroatoms. The lowest BCUT2D eigenvalue weighted by atomic mass is 9.99. The average Bonchev–Trinajstić information content (AvgIpc) is 2.93. The molecule has 140 valence electrons. The van der Waals surface area contributed by atoms with Crippen LogP contribution in [0.25, 0.3) is 0 Å². The molecule has 0 bridgehead atoms. The van der Waals surface area contributed by atoms with Crippen molar-refractivity contribution in [3.63, 3.8) is 0 Å². The largest absolute Gasteiger partial charge is 0.493 e. The van der Waals surface area contributed by atoms with E-state index in [2.05, 4.69) is 5.32 Å². The van der Waals surface area contributed by atoms with Crippen molar-refractivity contribution in [3.8, 4) is 5.75 Å². The summed E-state index contributed by atoms with van der Waals surface area (Å²) < 4.78 is 10.5. The molecule has 1 N–H and O–H groups in total. The second-order valence-corrected chi connectivity index (χ2v) is 6.51. The van der Waals surface area contributed by atoms with Gasteiger partial charge in [-0.1, -0.05) is 12.1 Å². The first-order chi connectivity index (χ1) is 12.9. The van der Waals surface area contributed by atoms with Crippen LogP contribution < -0.4 is 10.1 Å². The monoisotopic (exact) mass is 367 g/mol. The van der Waals surface area contributed by atoms with Crippen LogP contribution in [0.1, 0.15) is 40.7 Å². The number of ether oxygens (including phenoxy) is 2. The lowest BCUT2D eigenvalue weighted by Gasteiger charge is -2.08. The molecule has 1 amide bonds. The number of hydrogen-bond donors (Lipinski definition) is 1. The van der Waals surface area contributed by atoms with Crippen molar-refractivity contribution in [2.45, 2.75) is 26.2 Å². The lowest BCUT2D eigenvalue weighted by molar-refractivity contribution is -0.143. The maximum absolute atomic E-state index is 12.3. The summed E-state index contributed by atoms with van der Waals surface area (Å²) >= 11 is 0. The molecule has 6 nitrogen and oxygen atoms in total. The smallest absolute Gasteiger partial charge is 0.309 e. The topological polar surface area (TPSA) is 81.7 Å². The van der Waals surface area contributed by atoms with Crippen molar-refractivity contribution in [1.29, 1.82) is 0 Å². The minimum atomic E-state index is -0.498. The van der Waals surface area contributed by atoms with E-state index in [-0.39, 0.29) is 37.2 Å². The number of Topliss-reactive ketones (excluding diaryl/α,β-unsaturated/α-hetero) is 1. The fourth-order valence-electron chi connectivity index (χ4n) is 2.85. The highest BCUT2D eigenvalue weighted by atomic mass is 16.5. The predicted molar refractivity (Wildman–Crippen MR) is 100 cm³/mol. The second kappa shape index (κ2) is 8.03. The summed E-state index contributed by atoms with van der Waals surface area (Å²) in [4.78, 5) is 35.7. The van der Waals surface area contributed by atoms with Gasteiger partial charge in [-0.15, -0.1) is 0 Å². The van der Waals surface area contributed by atoms with Gasteiger partial charge >= 0.3 is 5.97 Å². The summed E-state index contributed by atoms with van der Waals surface area (Å²) in [5.41, 5.74) is 2.99. The molecule has 1 aliphatic heterocycles. The van der Waals surface area contributed by atoms with Crippen molar-refractivity contribution < 1.29 is 23.9 Å². The van der Waals surface area contributed by atoms with Crippen LogP contribution >= 0.6 is 0 Å². The Kier molecular flexibility index (Phi) is 5.54. The van der Waals surface area contributed by atoms with Gasteiger partial charge in [0.15, 0.2) is 12.4 Å². The van der Waals surface area contributed by atoms with Crippen molar-refractivity contribution in [2.75, 3.05) is 18.5 Å². The standard InChI is InChI=1S/C21H21NO5/c1-13-4-3-5-16(10-13)26-9-8-20(24)27-12-19(23)15-6-7-18-17(11-15)14(2)21(25)22-18/h3-7,10-11,14H,8-9,12H2,1-2H3,(H,22,25)/t14-/m0/s1. The zero-order chi connectivity index (χ0) is 19.4. The molecular weight excluding hydrogens is 346 g/mol. The number of amides is 1. The number of rotatable bonds is 7. The number of aryl methyl sites for hydroxylation is 1. The molecule has 0 radical (unpaired) electrons. The highest BCUT2D eigenvalue weighted by molar-refractivity contribution is 6.05. The van der Waals surface area contributed by atoms with Crippen molar-refractivity contribution in [1.82, 2.24) is 0 Å². The maximum Gasteiger partial charge on any atom is 0.309 e. The number of ketones is 1. The Morgan fingerprint density at radius 1 is 1.15 bits per heavy atom. The van der Waals surface area contributed by atoms with Gasteiger partial charge in [-0.2, -0.15) is 0 Å². The SMILES string of the molecule is Cc1cccc(OCCC(=O)OCC(=O)c2ccc3c(c2)[C@H](C)C(=O)N3)c1. The number of nitrogens with one attached hydrogen (secondary N) is 1. The van der Waals surface area contributed by atoms with Crippen LogP contribution in [-0.4, -0.2) is 30.9 Å². The Hall–Kier alpha value is -3.15. The third kappa shape index (κ3) is 4.53. The van der Waals surface area contributed by atoms with Gasteiger partial charge in [0.25, 0.3) is 0 Å². The molecule has 0 aliphatic carbocycles. The van der Waals surface area contributed by atoms with E-state index in [9.17, 15) is 14.4 Å². The maximum atomic E-state index is 12.3. The molecular formula is C21H21NO5. The van der Waals surface area contributed by atoms with Gasteiger partial charge in [0.2, 0.25) is 5.91 Å². The molecule has 27 heavy (non-hydrogen) atoms. The highest BCUT2D eigenvalue weighted by Gasteiger charge is 2.27. The zero-order valence-corrected chi connectivity index (χ0v) is 15.3. The Morgan fingerprint density at radius 3 is 2.74 bits per heavy atom. The predicted octanol–water partition coefficient (Wildman–Crippen LogP) is 3.25. The minimum Gasteiger partial charge on any atom is -0.493 e. The van der Waals surface area contributed by atoms with Gasteiger partial charge in [-0.05, 0) is 55.3 Å². The van der Waals surface area contributed by atoms with Crippen molar-refractivity contribution >= 4 is 23.3 Å². The number of carbonyl (C=O) groups excluding carboxylic acids is 3. The number of benzene rings is 2. The van der Waals surface area contributed by atoms with Gasteiger partial charge in [0.1, 0.15) is 5.75 Å². The van der Waals surface area contributed by atoms with Crippen molar-refractivity contribution in [3.05, 3.63) is 59.2 Å². The minimum absolute atomic E-state index is 0.0564. The summed E-state index contributed by atoms with van der Waals surface area (Å²) in [5.74, 6) is -0.502. The molecule has 0 fully saturated rings. The van der Waals surface area contributed by atoms with Crippen LogP contribution in [0.3, 0.4) is 0 Å². The van der Waals surface area contributed by atoms with E-state index in [1.807, 2.05) is 31.2 Å². The summed E-state index contributed by atoms with van der Waals surface area (Å²) in [6, 6.07) is 12.5. The second-order valence-electron chi connectivity index (χ2n) is 6.51. The van der Waals surface area contributed by atoms with Gasteiger partial charge in [0.05, 0.1) is 18.9 Å². The Morgan fingerprint density at radius 2 is 1.96 bits per heavy atom. The third-order valence-electron chi connectivity index (χ3n) is 4.42. The summed E-state index contributed by atoms with van der Waals surface area (Å²) in [7, 11) is 0. The lowest BCUT2D eigenvalue weighted by Crippen LogP contribution is -2.16. The van der Waals surface area contributed by atoms with Crippen LogP contribution in [0.2, 0.25) is 0 Å². The fourth-order valence-corrected chi connectivity index (χ4v) is 2.85. The Bertz CT molecular complexity index is 890. The first kappa shape index (κ1) is 18.6. The van der Waals surface area contributed by atoms with E-state index in [1.54, 1.807) is 25.1 Å². The third-order valence-corrected chi connectivity index (χ3v) is 4.42. The quantitative estimate of drug-likeness (QED) is 0.600. The molecule has 1 aliphatic rings.